The second-order valence-corrected chi connectivity index (χ2v) is 5.95. The van der Waals surface area contributed by atoms with Crippen LogP contribution in [0.25, 0.3) is 0 Å². The summed E-state index contributed by atoms with van der Waals surface area (Å²) >= 11 is 9.45. The molecule has 0 aromatic heterocycles. The maximum absolute atomic E-state index is 6.05. The smallest absolute Gasteiger partial charge is 0.0551 e. The van der Waals surface area contributed by atoms with Crippen molar-refractivity contribution in [3.05, 3.63) is 33.3 Å². The number of unbranched alkanes of at least 4 members (excludes halogenated alkanes) is 5. The molecule has 0 spiro atoms. The van der Waals surface area contributed by atoms with E-state index in [2.05, 4.69) is 34.2 Å². The molecule has 0 saturated heterocycles. The molecule has 1 aromatic carbocycles. The monoisotopic (exact) mass is 331 g/mol. The molecule has 18 heavy (non-hydrogen) atoms. The van der Waals surface area contributed by atoms with Crippen molar-refractivity contribution in [3.63, 3.8) is 0 Å². The van der Waals surface area contributed by atoms with E-state index in [9.17, 15) is 0 Å². The van der Waals surface area contributed by atoms with Crippen LogP contribution in [0.4, 0.5) is 0 Å². The van der Waals surface area contributed by atoms with E-state index in [-0.39, 0.29) is 0 Å². The number of halogens is 2. The van der Waals surface area contributed by atoms with Crippen LogP contribution in [0.15, 0.2) is 22.7 Å². The van der Waals surface area contributed by atoms with Gasteiger partial charge in [0.25, 0.3) is 0 Å². The highest BCUT2D eigenvalue weighted by Gasteiger charge is 1.98. The van der Waals surface area contributed by atoms with Gasteiger partial charge in [0.1, 0.15) is 0 Å². The van der Waals surface area contributed by atoms with Gasteiger partial charge in [-0.1, -0.05) is 56.7 Å². The molecule has 102 valence electrons. The first kappa shape index (κ1) is 16.0. The van der Waals surface area contributed by atoms with E-state index in [0.717, 1.165) is 22.6 Å². The largest absolute Gasteiger partial charge is 0.313 e. The minimum atomic E-state index is 0.786. The quantitative estimate of drug-likeness (QED) is 0.584. The molecule has 0 unspecified atom stereocenters. The third-order valence-electron chi connectivity index (χ3n) is 3.02. The molecule has 3 heteroatoms. The van der Waals surface area contributed by atoms with Gasteiger partial charge in [0, 0.05) is 11.0 Å². The molecule has 1 rings (SSSR count). The van der Waals surface area contributed by atoms with Gasteiger partial charge in [-0.05, 0) is 46.6 Å². The number of hydrogen-bond donors (Lipinski definition) is 1. The Morgan fingerprint density at radius 3 is 2.56 bits per heavy atom. The van der Waals surface area contributed by atoms with Crippen LogP contribution in [-0.4, -0.2) is 6.54 Å². The Bertz CT molecular complexity index is 341. The number of nitrogens with one attached hydrogen (secondary N) is 1. The summed E-state index contributed by atoms with van der Waals surface area (Å²) in [5.74, 6) is 0. The summed E-state index contributed by atoms with van der Waals surface area (Å²) in [6.45, 7) is 4.26. The average Bonchev–Trinajstić information content (AvgIpc) is 2.37. The van der Waals surface area contributed by atoms with Crippen molar-refractivity contribution in [2.45, 2.75) is 52.0 Å². The highest BCUT2D eigenvalue weighted by atomic mass is 79.9. The summed E-state index contributed by atoms with van der Waals surface area (Å²) in [6, 6.07) is 6.12. The molecule has 1 N–H and O–H groups in total. The summed E-state index contributed by atoms with van der Waals surface area (Å²) in [5.41, 5.74) is 1.24. The molecule has 0 heterocycles. The maximum atomic E-state index is 6.05. The Morgan fingerprint density at radius 1 is 1.11 bits per heavy atom. The molecule has 0 radical (unpaired) electrons. The fourth-order valence-corrected chi connectivity index (χ4v) is 2.36. The van der Waals surface area contributed by atoms with Gasteiger partial charge in [0.15, 0.2) is 0 Å². The molecule has 0 atom stereocenters. The molecule has 0 bridgehead atoms. The molecule has 0 aliphatic carbocycles. The summed E-state index contributed by atoms with van der Waals surface area (Å²) < 4.78 is 0.962. The maximum Gasteiger partial charge on any atom is 0.0551 e. The standard InChI is InChI=1S/C15H23BrClN/c1-2-3-4-5-6-7-10-18-12-13-8-9-14(16)15(17)11-13/h8-9,11,18H,2-7,10,12H2,1H3. The second kappa shape index (κ2) is 9.82. The van der Waals surface area contributed by atoms with Gasteiger partial charge in [-0.15, -0.1) is 0 Å². The molecule has 0 aliphatic rings. The Morgan fingerprint density at radius 2 is 1.83 bits per heavy atom. The van der Waals surface area contributed by atoms with E-state index in [1.165, 1.54) is 44.1 Å². The molecule has 0 saturated carbocycles. The predicted molar refractivity (Wildman–Crippen MR) is 84.2 cm³/mol. The van der Waals surface area contributed by atoms with Crippen molar-refractivity contribution in [1.82, 2.24) is 5.32 Å². The third kappa shape index (κ3) is 6.77. The molecule has 1 aromatic rings. The fourth-order valence-electron chi connectivity index (χ4n) is 1.91. The van der Waals surface area contributed by atoms with Crippen molar-refractivity contribution in [1.29, 1.82) is 0 Å². The molecule has 0 amide bonds. The van der Waals surface area contributed by atoms with E-state index >= 15 is 0 Å². The Labute approximate surface area is 124 Å². The number of rotatable bonds is 9. The van der Waals surface area contributed by atoms with Crippen molar-refractivity contribution in [2.24, 2.45) is 0 Å². The Balaban J connectivity index is 2.05. The van der Waals surface area contributed by atoms with Crippen LogP contribution in [0.5, 0.6) is 0 Å². The third-order valence-corrected chi connectivity index (χ3v) is 4.25. The summed E-state index contributed by atoms with van der Waals surface area (Å²) in [6.07, 6.45) is 8.08. The molecule has 0 fully saturated rings. The Kier molecular flexibility index (Phi) is 8.74. The van der Waals surface area contributed by atoms with Gasteiger partial charge in [0.2, 0.25) is 0 Å². The molecule has 0 aliphatic heterocycles. The number of benzene rings is 1. The molecular weight excluding hydrogens is 310 g/mol. The fraction of sp³-hybridized carbons (Fsp3) is 0.600. The molecular formula is C15H23BrClN. The first-order valence-corrected chi connectivity index (χ1v) is 8.05. The Hall–Kier alpha value is -0.0500. The van der Waals surface area contributed by atoms with Crippen molar-refractivity contribution in [3.8, 4) is 0 Å². The van der Waals surface area contributed by atoms with Gasteiger partial charge < -0.3 is 5.32 Å². The lowest BCUT2D eigenvalue weighted by molar-refractivity contribution is 0.572. The lowest BCUT2D eigenvalue weighted by Crippen LogP contribution is -2.14. The minimum absolute atomic E-state index is 0.786. The first-order valence-electron chi connectivity index (χ1n) is 6.88. The van der Waals surface area contributed by atoms with Gasteiger partial charge in [-0.25, -0.2) is 0 Å². The van der Waals surface area contributed by atoms with Crippen LogP contribution >= 0.6 is 27.5 Å². The predicted octanol–water partition coefficient (Wildman–Crippen LogP) is 5.55. The topological polar surface area (TPSA) is 12.0 Å². The van der Waals surface area contributed by atoms with Crippen molar-refractivity contribution < 1.29 is 0 Å². The van der Waals surface area contributed by atoms with Crippen molar-refractivity contribution in [2.75, 3.05) is 6.54 Å². The van der Waals surface area contributed by atoms with Crippen molar-refractivity contribution >= 4 is 27.5 Å². The van der Waals surface area contributed by atoms with Gasteiger partial charge in [-0.3, -0.25) is 0 Å². The zero-order chi connectivity index (χ0) is 13.2. The van der Waals surface area contributed by atoms with E-state index in [0.29, 0.717) is 0 Å². The summed E-state index contributed by atoms with van der Waals surface area (Å²) in [7, 11) is 0. The zero-order valence-corrected chi connectivity index (χ0v) is 13.5. The first-order chi connectivity index (χ1) is 8.74. The summed E-state index contributed by atoms with van der Waals surface area (Å²) in [5, 5.41) is 4.25. The highest BCUT2D eigenvalue weighted by Crippen LogP contribution is 2.23. The van der Waals surface area contributed by atoms with Crippen LogP contribution < -0.4 is 5.32 Å². The zero-order valence-electron chi connectivity index (χ0n) is 11.1. The van der Waals surface area contributed by atoms with E-state index in [4.69, 9.17) is 11.6 Å². The molecule has 1 nitrogen and oxygen atoms in total. The summed E-state index contributed by atoms with van der Waals surface area (Å²) in [4.78, 5) is 0. The van der Waals surface area contributed by atoms with Crippen LogP contribution in [0.1, 0.15) is 51.0 Å². The van der Waals surface area contributed by atoms with Crippen LogP contribution in [-0.2, 0) is 6.54 Å². The van der Waals surface area contributed by atoms with Crippen LogP contribution in [0, 0.1) is 0 Å². The van der Waals surface area contributed by atoms with E-state index in [1.54, 1.807) is 0 Å². The number of hydrogen-bond acceptors (Lipinski definition) is 1. The van der Waals surface area contributed by atoms with E-state index < -0.39 is 0 Å². The lowest BCUT2D eigenvalue weighted by atomic mass is 10.1. The second-order valence-electron chi connectivity index (χ2n) is 4.69. The van der Waals surface area contributed by atoms with Gasteiger partial charge in [-0.2, -0.15) is 0 Å². The minimum Gasteiger partial charge on any atom is -0.313 e. The lowest BCUT2D eigenvalue weighted by Gasteiger charge is -2.06. The normalized spacial score (nSPS) is 10.8. The highest BCUT2D eigenvalue weighted by molar-refractivity contribution is 9.10. The van der Waals surface area contributed by atoms with Crippen LogP contribution in [0.3, 0.4) is 0 Å². The SMILES string of the molecule is CCCCCCCCNCc1ccc(Br)c(Cl)c1. The van der Waals surface area contributed by atoms with Crippen LogP contribution in [0.2, 0.25) is 5.02 Å². The van der Waals surface area contributed by atoms with Gasteiger partial charge >= 0.3 is 0 Å². The van der Waals surface area contributed by atoms with Gasteiger partial charge in [0.05, 0.1) is 5.02 Å². The average molecular weight is 333 g/mol. The van der Waals surface area contributed by atoms with E-state index in [1.807, 2.05) is 12.1 Å².